The molecule has 1 heterocycles. The Morgan fingerprint density at radius 1 is 1.09 bits per heavy atom. The first kappa shape index (κ1) is 25.4. The number of fused-ring (bicyclic) bond motifs is 2. The minimum absolute atomic E-state index is 0.170. The minimum atomic E-state index is -4.70. The Balaban J connectivity index is 1.79. The highest BCUT2D eigenvalue weighted by atomic mass is 31.2. The highest BCUT2D eigenvalue weighted by Crippen LogP contribution is 2.37. The summed E-state index contributed by atoms with van der Waals surface area (Å²) in [6.45, 7) is 1.71. The third-order valence-corrected chi connectivity index (χ3v) is 5.93. The fourth-order valence-electron chi connectivity index (χ4n) is 3.47. The van der Waals surface area contributed by atoms with Gasteiger partial charge in [0.1, 0.15) is 16.9 Å². The Bertz CT molecular complexity index is 1200. The third kappa shape index (κ3) is 6.86. The fourth-order valence-corrected chi connectivity index (χ4v) is 3.90. The second kappa shape index (κ2) is 10.8. The monoisotopic (exact) mass is 479 g/mol. The maximum Gasteiger partial charge on any atom is 0.469 e. The van der Waals surface area contributed by atoms with Crippen molar-refractivity contribution in [3.63, 3.8) is 0 Å². The molecule has 9 nitrogen and oxygen atoms in total. The Labute approximate surface area is 191 Å². The number of hydrogen-bond donors (Lipinski definition) is 4. The zero-order valence-corrected chi connectivity index (χ0v) is 19.4. The molecule has 33 heavy (non-hydrogen) atoms. The summed E-state index contributed by atoms with van der Waals surface area (Å²) >= 11 is 0. The average molecular weight is 479 g/mol. The molecule has 0 fully saturated rings. The number of aryl methyl sites for hydroxylation is 1. The summed E-state index contributed by atoms with van der Waals surface area (Å²) < 4.78 is 27.1. The first-order chi connectivity index (χ1) is 15.6. The van der Waals surface area contributed by atoms with Gasteiger partial charge in [-0.15, -0.1) is 0 Å². The van der Waals surface area contributed by atoms with Crippen molar-refractivity contribution in [1.29, 1.82) is 0 Å². The number of hydrogen-bond acceptors (Lipinski definition) is 7. The van der Waals surface area contributed by atoms with Crippen LogP contribution in [0.1, 0.15) is 38.2 Å². The number of phosphoric ester groups is 1. The lowest BCUT2D eigenvalue weighted by atomic mass is 9.93. The van der Waals surface area contributed by atoms with Crippen LogP contribution in [0.5, 0.6) is 5.75 Å². The van der Waals surface area contributed by atoms with Crippen LogP contribution in [0.4, 0.5) is 0 Å². The van der Waals surface area contributed by atoms with Crippen molar-refractivity contribution in [1.82, 2.24) is 0 Å². The van der Waals surface area contributed by atoms with Crippen molar-refractivity contribution < 1.29 is 33.1 Å². The van der Waals surface area contributed by atoms with Crippen LogP contribution in [0.2, 0.25) is 0 Å². The molecule has 0 radical (unpaired) electrons. The van der Waals surface area contributed by atoms with Crippen LogP contribution in [0, 0.1) is 0 Å². The molecule has 0 spiro atoms. The summed E-state index contributed by atoms with van der Waals surface area (Å²) in [5.41, 5.74) is 6.17. The predicted octanol–water partition coefficient (Wildman–Crippen LogP) is 3.25. The van der Waals surface area contributed by atoms with Gasteiger partial charge in [-0.25, -0.2) is 4.57 Å². The van der Waals surface area contributed by atoms with Crippen LogP contribution >= 0.6 is 7.82 Å². The molecular weight excluding hydrogens is 449 g/mol. The molecule has 1 aromatic heterocycles. The molecule has 3 rings (SSSR count). The lowest BCUT2D eigenvalue weighted by molar-refractivity contribution is 0.102. The Hall–Kier alpha value is -2.26. The van der Waals surface area contributed by atoms with Gasteiger partial charge >= 0.3 is 7.82 Å². The van der Waals surface area contributed by atoms with E-state index >= 15 is 0 Å². The van der Waals surface area contributed by atoms with Crippen molar-refractivity contribution in [2.75, 3.05) is 19.8 Å². The highest BCUT2D eigenvalue weighted by Gasteiger charge is 2.28. The Morgan fingerprint density at radius 2 is 1.88 bits per heavy atom. The van der Waals surface area contributed by atoms with E-state index in [4.69, 9.17) is 24.7 Å². The molecular formula is C23H30NO8P. The van der Waals surface area contributed by atoms with Crippen LogP contribution in [-0.4, -0.2) is 40.3 Å². The van der Waals surface area contributed by atoms with Crippen LogP contribution < -0.4 is 15.9 Å². The summed E-state index contributed by atoms with van der Waals surface area (Å²) in [6.07, 6.45) is 3.71. The topological polar surface area (TPSA) is 152 Å². The number of ether oxygens (including phenoxy) is 1. The molecule has 3 aromatic rings. The van der Waals surface area contributed by atoms with Gasteiger partial charge in [0.25, 0.3) is 0 Å². The second-order valence-corrected chi connectivity index (χ2v) is 9.50. The maximum atomic E-state index is 13.0. The molecule has 5 N–H and O–H groups in total. The molecule has 0 aliphatic heterocycles. The van der Waals surface area contributed by atoms with Gasteiger partial charge < -0.3 is 29.8 Å². The van der Waals surface area contributed by atoms with Crippen LogP contribution in [0.15, 0.2) is 45.6 Å². The quantitative estimate of drug-likeness (QED) is 0.174. The third-order valence-electron chi connectivity index (χ3n) is 5.47. The average Bonchev–Trinajstić information content (AvgIpc) is 2.79. The zero-order valence-electron chi connectivity index (χ0n) is 18.5. The van der Waals surface area contributed by atoms with Crippen molar-refractivity contribution in [3.8, 4) is 5.75 Å². The van der Waals surface area contributed by atoms with Crippen LogP contribution in [0.25, 0.3) is 21.9 Å². The maximum absolute atomic E-state index is 13.0. The largest absolute Gasteiger partial charge is 0.493 e. The number of benzene rings is 2. The van der Waals surface area contributed by atoms with E-state index in [1.165, 1.54) is 0 Å². The van der Waals surface area contributed by atoms with E-state index in [1.807, 2.05) is 0 Å². The van der Waals surface area contributed by atoms with E-state index in [1.54, 1.807) is 36.4 Å². The molecule has 10 heteroatoms. The van der Waals surface area contributed by atoms with Gasteiger partial charge in [0, 0.05) is 6.07 Å². The summed E-state index contributed by atoms with van der Waals surface area (Å²) in [7, 11) is -4.70. The van der Waals surface area contributed by atoms with Gasteiger partial charge in [0.2, 0.25) is 5.43 Å². The van der Waals surface area contributed by atoms with Crippen LogP contribution in [0.3, 0.4) is 0 Å². The molecule has 0 bridgehead atoms. The number of rotatable bonds is 12. The standard InChI is InChI=1S/C23H30NO8P/c1-2-3-4-11-30-17-6-7-18-21(13-17)32-20-8-5-16(12-19(20)22(18)26)9-10-23(24,14-25)15-31-33(27,28)29/h5-8,12-13,25H,2-4,9-11,14-15,24H2,1H3,(H2,27,28,29). The molecule has 1 atom stereocenters. The van der Waals surface area contributed by atoms with E-state index in [9.17, 15) is 14.5 Å². The van der Waals surface area contributed by atoms with E-state index in [0.717, 1.165) is 24.8 Å². The Morgan fingerprint density at radius 3 is 2.58 bits per heavy atom. The smallest absolute Gasteiger partial charge is 0.469 e. The fraction of sp³-hybridized carbons (Fsp3) is 0.435. The molecule has 0 saturated heterocycles. The number of phosphoric acid groups is 1. The van der Waals surface area contributed by atoms with Gasteiger partial charge in [0.05, 0.1) is 36.1 Å². The first-order valence-electron chi connectivity index (χ1n) is 10.9. The zero-order chi connectivity index (χ0) is 24.1. The summed E-state index contributed by atoms with van der Waals surface area (Å²) in [5.74, 6) is 0.651. The van der Waals surface area contributed by atoms with E-state index in [2.05, 4.69) is 11.4 Å². The number of aliphatic hydroxyl groups excluding tert-OH is 1. The number of nitrogens with two attached hydrogens (primary N) is 1. The van der Waals surface area contributed by atoms with Crippen molar-refractivity contribution in [2.45, 2.75) is 44.6 Å². The lowest BCUT2D eigenvalue weighted by Crippen LogP contribution is -2.48. The predicted molar refractivity (Wildman–Crippen MR) is 125 cm³/mol. The summed E-state index contributed by atoms with van der Waals surface area (Å²) in [6, 6.07) is 10.4. The van der Waals surface area contributed by atoms with Gasteiger partial charge in [-0.2, -0.15) is 0 Å². The van der Waals surface area contributed by atoms with E-state index < -0.39 is 26.6 Å². The van der Waals surface area contributed by atoms with Gasteiger partial charge in [0.15, 0.2) is 0 Å². The molecule has 2 aromatic carbocycles. The lowest BCUT2D eigenvalue weighted by Gasteiger charge is -2.27. The molecule has 0 amide bonds. The number of unbranched alkanes of at least 4 members (excludes halogenated alkanes) is 2. The molecule has 0 saturated carbocycles. The molecule has 180 valence electrons. The van der Waals surface area contributed by atoms with E-state index in [-0.39, 0.29) is 11.8 Å². The normalized spacial score (nSPS) is 14.0. The molecule has 0 aliphatic carbocycles. The molecule has 1 unspecified atom stereocenters. The van der Waals surface area contributed by atoms with Crippen LogP contribution in [-0.2, 0) is 15.5 Å². The SMILES string of the molecule is CCCCCOc1ccc2c(=O)c3cc(CCC(N)(CO)COP(=O)(O)O)ccc3oc2c1. The summed E-state index contributed by atoms with van der Waals surface area (Å²) in [4.78, 5) is 30.8. The highest BCUT2D eigenvalue weighted by molar-refractivity contribution is 7.46. The second-order valence-electron chi connectivity index (χ2n) is 8.26. The van der Waals surface area contributed by atoms with Crippen molar-refractivity contribution >= 4 is 29.8 Å². The first-order valence-corrected chi connectivity index (χ1v) is 12.4. The Kier molecular flexibility index (Phi) is 8.28. The van der Waals surface area contributed by atoms with Crippen molar-refractivity contribution in [3.05, 3.63) is 52.2 Å². The minimum Gasteiger partial charge on any atom is -0.493 e. The van der Waals surface area contributed by atoms with E-state index in [0.29, 0.717) is 40.7 Å². The molecule has 0 aliphatic rings. The number of aliphatic hydroxyl groups is 1. The van der Waals surface area contributed by atoms with Crippen molar-refractivity contribution in [2.24, 2.45) is 5.73 Å². The van der Waals surface area contributed by atoms with Gasteiger partial charge in [-0.1, -0.05) is 25.8 Å². The summed E-state index contributed by atoms with van der Waals surface area (Å²) in [5, 5.41) is 10.4. The van der Waals surface area contributed by atoms with Gasteiger partial charge in [-0.3, -0.25) is 9.32 Å². The van der Waals surface area contributed by atoms with Gasteiger partial charge in [-0.05, 0) is 49.1 Å².